The fourth-order valence-electron chi connectivity index (χ4n) is 2.01. The van der Waals surface area contributed by atoms with E-state index in [4.69, 9.17) is 4.74 Å². The van der Waals surface area contributed by atoms with Crippen molar-refractivity contribution in [2.24, 2.45) is 0 Å². The van der Waals surface area contributed by atoms with E-state index >= 15 is 0 Å². The molecule has 1 aliphatic heterocycles. The molecule has 0 aliphatic carbocycles. The van der Waals surface area contributed by atoms with Crippen molar-refractivity contribution in [2.45, 2.75) is 45.7 Å². The third-order valence-electron chi connectivity index (χ3n) is 3.05. The smallest absolute Gasteiger partial charge is 0.0645 e. The summed E-state index contributed by atoms with van der Waals surface area (Å²) >= 11 is 0. The van der Waals surface area contributed by atoms with Crippen LogP contribution in [0.1, 0.15) is 34.1 Å². The Morgan fingerprint density at radius 2 is 2.20 bits per heavy atom. The molecule has 0 spiro atoms. The molecule has 15 heavy (non-hydrogen) atoms. The van der Waals surface area contributed by atoms with Gasteiger partial charge in [-0.25, -0.2) is 0 Å². The van der Waals surface area contributed by atoms with Gasteiger partial charge in [0.1, 0.15) is 0 Å². The summed E-state index contributed by atoms with van der Waals surface area (Å²) in [6, 6.07) is 0.572. The van der Waals surface area contributed by atoms with Crippen LogP contribution < -0.4 is 5.32 Å². The molecule has 3 nitrogen and oxygen atoms in total. The van der Waals surface area contributed by atoms with E-state index in [1.807, 2.05) is 0 Å². The van der Waals surface area contributed by atoms with E-state index in [2.05, 4.69) is 37.9 Å². The molecule has 1 unspecified atom stereocenters. The molecule has 0 radical (unpaired) electrons. The first-order chi connectivity index (χ1) is 7.06. The van der Waals surface area contributed by atoms with Crippen LogP contribution in [0.5, 0.6) is 0 Å². The van der Waals surface area contributed by atoms with Crippen LogP contribution >= 0.6 is 0 Å². The van der Waals surface area contributed by atoms with E-state index in [-0.39, 0.29) is 5.54 Å². The molecule has 1 atom stereocenters. The molecule has 0 aromatic rings. The van der Waals surface area contributed by atoms with Crippen molar-refractivity contribution in [3.63, 3.8) is 0 Å². The van der Waals surface area contributed by atoms with Crippen molar-refractivity contribution in [3.8, 4) is 0 Å². The van der Waals surface area contributed by atoms with Crippen LogP contribution in [0, 0.1) is 0 Å². The zero-order valence-electron chi connectivity index (χ0n) is 10.7. The Hall–Kier alpha value is -0.120. The summed E-state index contributed by atoms with van der Waals surface area (Å²) < 4.78 is 5.52. The van der Waals surface area contributed by atoms with Crippen molar-refractivity contribution in [1.82, 2.24) is 10.2 Å². The topological polar surface area (TPSA) is 24.5 Å². The predicted molar refractivity (Wildman–Crippen MR) is 64.2 cm³/mol. The van der Waals surface area contributed by atoms with Gasteiger partial charge >= 0.3 is 0 Å². The Kier molecular flexibility index (Phi) is 5.03. The van der Waals surface area contributed by atoms with E-state index in [9.17, 15) is 0 Å². The lowest BCUT2D eigenvalue weighted by Gasteiger charge is -2.43. The van der Waals surface area contributed by atoms with Crippen LogP contribution in [0.2, 0.25) is 0 Å². The monoisotopic (exact) mass is 214 g/mol. The predicted octanol–water partition coefficient (Wildman–Crippen LogP) is 1.49. The summed E-state index contributed by atoms with van der Waals surface area (Å²) in [7, 11) is 0. The average Bonchev–Trinajstić information content (AvgIpc) is 2.18. The van der Waals surface area contributed by atoms with Gasteiger partial charge in [-0.3, -0.25) is 4.90 Å². The fourth-order valence-corrected chi connectivity index (χ4v) is 2.01. The maximum atomic E-state index is 5.52. The van der Waals surface area contributed by atoms with Crippen molar-refractivity contribution in [1.29, 1.82) is 0 Å². The van der Waals surface area contributed by atoms with Gasteiger partial charge in [-0.15, -0.1) is 0 Å². The SMILES string of the molecule is CCCNC(C)CN1CCOCC1(C)C. The van der Waals surface area contributed by atoms with Gasteiger partial charge in [0.15, 0.2) is 0 Å². The molecule has 0 amide bonds. The Bertz CT molecular complexity index is 182. The van der Waals surface area contributed by atoms with Crippen LogP contribution in [0.3, 0.4) is 0 Å². The van der Waals surface area contributed by atoms with Gasteiger partial charge in [0.25, 0.3) is 0 Å². The molecule has 90 valence electrons. The molecular weight excluding hydrogens is 188 g/mol. The van der Waals surface area contributed by atoms with E-state index < -0.39 is 0 Å². The zero-order chi connectivity index (χ0) is 11.3. The van der Waals surface area contributed by atoms with Gasteiger partial charge in [-0.1, -0.05) is 6.92 Å². The van der Waals surface area contributed by atoms with Crippen molar-refractivity contribution < 1.29 is 4.74 Å². The maximum absolute atomic E-state index is 5.52. The molecule has 0 aromatic heterocycles. The lowest BCUT2D eigenvalue weighted by Crippen LogP contribution is -2.56. The summed E-state index contributed by atoms with van der Waals surface area (Å²) in [6.07, 6.45) is 1.21. The van der Waals surface area contributed by atoms with Gasteiger partial charge < -0.3 is 10.1 Å². The van der Waals surface area contributed by atoms with E-state index in [0.717, 1.165) is 32.8 Å². The molecule has 0 saturated carbocycles. The lowest BCUT2D eigenvalue weighted by atomic mass is 10.0. The summed E-state index contributed by atoms with van der Waals surface area (Å²) in [5, 5.41) is 3.53. The summed E-state index contributed by atoms with van der Waals surface area (Å²) in [5.74, 6) is 0. The second-order valence-electron chi connectivity index (χ2n) is 5.17. The second kappa shape index (κ2) is 5.83. The van der Waals surface area contributed by atoms with E-state index in [1.54, 1.807) is 0 Å². The minimum Gasteiger partial charge on any atom is -0.378 e. The third kappa shape index (κ3) is 4.09. The van der Waals surface area contributed by atoms with Gasteiger partial charge in [0, 0.05) is 24.7 Å². The number of rotatable bonds is 5. The molecule has 0 aromatic carbocycles. The number of morpholine rings is 1. The van der Waals surface area contributed by atoms with Crippen molar-refractivity contribution in [3.05, 3.63) is 0 Å². The highest BCUT2D eigenvalue weighted by Gasteiger charge is 2.30. The Morgan fingerprint density at radius 3 is 2.80 bits per heavy atom. The number of ether oxygens (including phenoxy) is 1. The fraction of sp³-hybridized carbons (Fsp3) is 1.00. The number of nitrogens with one attached hydrogen (secondary N) is 1. The van der Waals surface area contributed by atoms with Gasteiger partial charge in [-0.05, 0) is 33.7 Å². The van der Waals surface area contributed by atoms with Crippen LogP contribution in [0.25, 0.3) is 0 Å². The minimum absolute atomic E-state index is 0.195. The molecule has 1 fully saturated rings. The first-order valence-corrected chi connectivity index (χ1v) is 6.12. The normalized spacial score (nSPS) is 24.0. The second-order valence-corrected chi connectivity index (χ2v) is 5.17. The van der Waals surface area contributed by atoms with Gasteiger partial charge in [-0.2, -0.15) is 0 Å². The Morgan fingerprint density at radius 1 is 1.47 bits per heavy atom. The molecule has 1 N–H and O–H groups in total. The van der Waals surface area contributed by atoms with Crippen molar-refractivity contribution in [2.75, 3.05) is 32.8 Å². The van der Waals surface area contributed by atoms with Crippen LogP contribution in [-0.4, -0.2) is 49.3 Å². The summed E-state index contributed by atoms with van der Waals surface area (Å²) in [4.78, 5) is 2.53. The largest absolute Gasteiger partial charge is 0.378 e. The lowest BCUT2D eigenvalue weighted by molar-refractivity contribution is -0.0536. The maximum Gasteiger partial charge on any atom is 0.0645 e. The third-order valence-corrected chi connectivity index (χ3v) is 3.05. The quantitative estimate of drug-likeness (QED) is 0.750. The molecule has 3 heteroatoms. The number of nitrogens with zero attached hydrogens (tertiary/aromatic N) is 1. The molecule has 1 rings (SSSR count). The highest BCUT2D eigenvalue weighted by atomic mass is 16.5. The Balaban J connectivity index is 2.34. The highest BCUT2D eigenvalue weighted by molar-refractivity contribution is 4.86. The minimum atomic E-state index is 0.195. The highest BCUT2D eigenvalue weighted by Crippen LogP contribution is 2.18. The first-order valence-electron chi connectivity index (χ1n) is 6.12. The summed E-state index contributed by atoms with van der Waals surface area (Å²) in [5.41, 5.74) is 0.195. The zero-order valence-corrected chi connectivity index (χ0v) is 10.7. The van der Waals surface area contributed by atoms with Crippen LogP contribution in [-0.2, 0) is 4.74 Å². The van der Waals surface area contributed by atoms with Gasteiger partial charge in [0.2, 0.25) is 0 Å². The van der Waals surface area contributed by atoms with Crippen LogP contribution in [0.4, 0.5) is 0 Å². The van der Waals surface area contributed by atoms with E-state index in [1.165, 1.54) is 6.42 Å². The standard InChI is InChI=1S/C12H26N2O/c1-5-6-13-11(2)9-14-7-8-15-10-12(14,3)4/h11,13H,5-10H2,1-4H3. The average molecular weight is 214 g/mol. The Labute approximate surface area is 94.2 Å². The molecule has 1 aliphatic rings. The number of hydrogen-bond acceptors (Lipinski definition) is 3. The molecule has 0 bridgehead atoms. The molecule has 1 heterocycles. The summed E-state index contributed by atoms with van der Waals surface area (Å²) in [6.45, 7) is 14.0. The number of hydrogen-bond donors (Lipinski definition) is 1. The van der Waals surface area contributed by atoms with E-state index in [0.29, 0.717) is 6.04 Å². The van der Waals surface area contributed by atoms with Crippen LogP contribution in [0.15, 0.2) is 0 Å². The molecular formula is C12H26N2O. The molecule has 1 saturated heterocycles. The van der Waals surface area contributed by atoms with Crippen molar-refractivity contribution >= 4 is 0 Å². The first kappa shape index (κ1) is 12.9. The van der Waals surface area contributed by atoms with Gasteiger partial charge in [0.05, 0.1) is 13.2 Å².